The second-order valence-electron chi connectivity index (χ2n) is 8.19. The van der Waals surface area contributed by atoms with E-state index in [9.17, 15) is 31.2 Å². The number of nitrogens with zero attached hydrogens (tertiary/aromatic N) is 2. The van der Waals surface area contributed by atoms with Gasteiger partial charge in [-0.15, -0.1) is 0 Å². The molecule has 2 amide bonds. The summed E-state index contributed by atoms with van der Waals surface area (Å²) >= 11 is 0. The maximum atomic E-state index is 13.0. The fourth-order valence-corrected chi connectivity index (χ4v) is 5.43. The minimum Gasteiger partial charge on any atom is -0.322 e. The van der Waals surface area contributed by atoms with Gasteiger partial charge in [-0.25, -0.2) is 13.3 Å². The van der Waals surface area contributed by atoms with Crippen LogP contribution in [-0.2, 0) is 25.8 Å². The maximum absolute atomic E-state index is 13.0. The van der Waals surface area contributed by atoms with Crippen LogP contribution in [0.5, 0.6) is 0 Å². The minimum absolute atomic E-state index is 0.112. The number of imide groups is 1. The fraction of sp³-hybridized carbons (Fsp3) is 0.304. The molecule has 1 atom stereocenters. The highest BCUT2D eigenvalue weighted by Gasteiger charge is 2.47. The molecule has 0 saturated carbocycles. The maximum Gasteiger partial charge on any atom is 0.416 e. The Morgan fingerprint density at radius 3 is 2.29 bits per heavy atom. The van der Waals surface area contributed by atoms with E-state index < -0.39 is 39.6 Å². The van der Waals surface area contributed by atoms with Gasteiger partial charge in [0.1, 0.15) is 0 Å². The third-order valence-corrected chi connectivity index (χ3v) is 7.59. The lowest BCUT2D eigenvalue weighted by Crippen LogP contribution is -3.19. The van der Waals surface area contributed by atoms with Crippen molar-refractivity contribution in [2.45, 2.75) is 18.6 Å². The molecule has 2 aromatic carbocycles. The van der Waals surface area contributed by atoms with Gasteiger partial charge >= 0.3 is 6.18 Å². The Kier molecular flexibility index (Phi) is 6.61. The average Bonchev–Trinajstić information content (AvgIpc) is 3.12. The number of halogens is 3. The molecule has 0 unspecified atom stereocenters. The molecule has 34 heavy (non-hydrogen) atoms. The fourth-order valence-electron chi connectivity index (χ4n) is 4.23. The third kappa shape index (κ3) is 5.06. The van der Waals surface area contributed by atoms with Crippen molar-refractivity contribution < 1.29 is 36.1 Å². The standard InChI is InChI=1S/C23H22F3N3O4S/c24-23(25,26)18-7-4-8-19(15-18)29-21(30)16-20(22(29)31)27-10-12-28(13-11-27)34(32,33)14-9-17-5-2-1-3-6-17/h1-9,14-15,20H,10-13,16H2/p+1/b14-9+/t20-/m0/s1. The number of piperazine rings is 1. The molecule has 11 heteroatoms. The van der Waals surface area contributed by atoms with E-state index >= 15 is 0 Å². The number of carbonyl (C=O) groups excluding carboxylic acids is 2. The zero-order valence-electron chi connectivity index (χ0n) is 18.0. The number of anilines is 1. The zero-order chi connectivity index (χ0) is 24.5. The van der Waals surface area contributed by atoms with Gasteiger partial charge in [0, 0.05) is 5.41 Å². The van der Waals surface area contributed by atoms with Crippen LogP contribution in [-0.4, -0.2) is 56.8 Å². The van der Waals surface area contributed by atoms with Crippen LogP contribution < -0.4 is 9.80 Å². The van der Waals surface area contributed by atoms with Crippen molar-refractivity contribution in [3.05, 3.63) is 71.1 Å². The summed E-state index contributed by atoms with van der Waals surface area (Å²) < 4.78 is 65.8. The normalized spacial score (nSPS) is 21.0. The summed E-state index contributed by atoms with van der Waals surface area (Å²) in [7, 11) is -3.65. The van der Waals surface area contributed by atoms with Gasteiger partial charge in [-0.3, -0.25) is 9.59 Å². The molecule has 0 bridgehead atoms. The van der Waals surface area contributed by atoms with Crippen molar-refractivity contribution in [3.63, 3.8) is 0 Å². The van der Waals surface area contributed by atoms with Gasteiger partial charge in [-0.1, -0.05) is 36.4 Å². The highest BCUT2D eigenvalue weighted by Crippen LogP contribution is 2.32. The van der Waals surface area contributed by atoms with E-state index in [0.29, 0.717) is 13.1 Å². The molecule has 0 aromatic heterocycles. The average molecular weight is 495 g/mol. The van der Waals surface area contributed by atoms with Gasteiger partial charge in [0.2, 0.25) is 15.9 Å². The van der Waals surface area contributed by atoms with Crippen LogP contribution in [0, 0.1) is 0 Å². The molecule has 0 spiro atoms. The molecule has 1 N–H and O–H groups in total. The molecular weight excluding hydrogens is 471 g/mol. The second-order valence-corrected chi connectivity index (χ2v) is 10.0. The summed E-state index contributed by atoms with van der Waals surface area (Å²) in [5, 5.41) is 1.15. The zero-order valence-corrected chi connectivity index (χ0v) is 18.8. The first-order valence-corrected chi connectivity index (χ1v) is 12.2. The number of nitrogens with one attached hydrogen (secondary N) is 1. The van der Waals surface area contributed by atoms with Gasteiger partial charge in [-0.2, -0.15) is 17.5 Å². The quantitative estimate of drug-likeness (QED) is 0.640. The number of benzene rings is 2. The van der Waals surface area contributed by atoms with E-state index in [2.05, 4.69) is 0 Å². The molecule has 180 valence electrons. The van der Waals surface area contributed by atoms with Crippen LogP contribution in [0.25, 0.3) is 6.08 Å². The molecular formula is C23H23F3N3O4S+. The van der Waals surface area contributed by atoms with E-state index in [-0.39, 0.29) is 25.2 Å². The van der Waals surface area contributed by atoms with Crippen molar-refractivity contribution in [1.82, 2.24) is 4.31 Å². The van der Waals surface area contributed by atoms with E-state index in [0.717, 1.165) is 39.0 Å². The van der Waals surface area contributed by atoms with Crippen molar-refractivity contribution in [2.75, 3.05) is 31.1 Å². The van der Waals surface area contributed by atoms with Gasteiger partial charge < -0.3 is 4.90 Å². The molecule has 2 aliphatic heterocycles. The lowest BCUT2D eigenvalue weighted by molar-refractivity contribution is -0.918. The minimum atomic E-state index is -4.59. The molecule has 2 fully saturated rings. The number of sulfonamides is 1. The van der Waals surface area contributed by atoms with Crippen LogP contribution >= 0.6 is 0 Å². The number of hydrogen-bond acceptors (Lipinski definition) is 4. The lowest BCUT2D eigenvalue weighted by Gasteiger charge is -2.33. The first kappa shape index (κ1) is 24.1. The Balaban J connectivity index is 1.42. The Labute approximate surface area is 195 Å². The summed E-state index contributed by atoms with van der Waals surface area (Å²) in [6.45, 7) is 0.938. The van der Waals surface area contributed by atoms with Gasteiger partial charge in [0.25, 0.3) is 5.91 Å². The van der Waals surface area contributed by atoms with Crippen molar-refractivity contribution in [3.8, 4) is 0 Å². The van der Waals surface area contributed by atoms with Crippen molar-refractivity contribution >= 4 is 33.6 Å². The largest absolute Gasteiger partial charge is 0.416 e. The number of amides is 2. The molecule has 2 saturated heterocycles. The summed E-state index contributed by atoms with van der Waals surface area (Å²) in [5.74, 6) is -1.14. The number of carbonyl (C=O) groups is 2. The topological polar surface area (TPSA) is 79.2 Å². The molecule has 0 aliphatic carbocycles. The van der Waals surface area contributed by atoms with E-state index in [1.54, 1.807) is 24.3 Å². The summed E-state index contributed by atoms with van der Waals surface area (Å²) in [4.78, 5) is 27.1. The molecule has 2 heterocycles. The SMILES string of the molecule is O=C1C[C@H]([NH+]2CCN(S(=O)(=O)/C=C/c3ccccc3)CC2)C(=O)N1c1cccc(C(F)(F)F)c1. The first-order valence-electron chi connectivity index (χ1n) is 10.7. The molecule has 2 aromatic rings. The molecule has 0 radical (unpaired) electrons. The van der Waals surface area contributed by atoms with Crippen molar-refractivity contribution in [1.29, 1.82) is 0 Å². The van der Waals surface area contributed by atoms with Crippen LogP contribution in [0.15, 0.2) is 60.0 Å². The van der Waals surface area contributed by atoms with Gasteiger partial charge in [-0.05, 0) is 29.8 Å². The number of alkyl halides is 3. The highest BCUT2D eigenvalue weighted by atomic mass is 32.2. The number of rotatable bonds is 5. The Morgan fingerprint density at radius 1 is 0.971 bits per heavy atom. The predicted molar refractivity (Wildman–Crippen MR) is 119 cm³/mol. The number of hydrogen-bond donors (Lipinski definition) is 1. The predicted octanol–water partition coefficient (Wildman–Crippen LogP) is 1.54. The van der Waals surface area contributed by atoms with E-state index in [4.69, 9.17) is 0 Å². The van der Waals surface area contributed by atoms with Gasteiger partial charge in [0.05, 0.1) is 43.9 Å². The summed E-state index contributed by atoms with van der Waals surface area (Å²) in [6, 6.07) is 12.4. The summed E-state index contributed by atoms with van der Waals surface area (Å²) in [5.41, 5.74) is -0.303. The van der Waals surface area contributed by atoms with E-state index in [1.807, 2.05) is 6.07 Å². The van der Waals surface area contributed by atoms with Crippen LogP contribution in [0.1, 0.15) is 17.5 Å². The highest BCUT2D eigenvalue weighted by molar-refractivity contribution is 7.92. The second kappa shape index (κ2) is 9.32. The molecule has 7 nitrogen and oxygen atoms in total. The third-order valence-electron chi connectivity index (χ3n) is 6.03. The first-order chi connectivity index (χ1) is 16.1. The number of quaternary nitrogens is 1. The monoisotopic (exact) mass is 494 g/mol. The molecule has 2 aliphatic rings. The van der Waals surface area contributed by atoms with Crippen molar-refractivity contribution in [2.24, 2.45) is 0 Å². The Hall–Kier alpha value is -3.02. The Morgan fingerprint density at radius 2 is 1.65 bits per heavy atom. The molecule has 4 rings (SSSR count). The summed E-state index contributed by atoms with van der Waals surface area (Å²) in [6.07, 6.45) is -3.21. The van der Waals surface area contributed by atoms with Crippen LogP contribution in [0.3, 0.4) is 0 Å². The Bertz CT molecular complexity index is 1210. The van der Waals surface area contributed by atoms with Gasteiger partial charge in [0.15, 0.2) is 6.04 Å². The van der Waals surface area contributed by atoms with Crippen LogP contribution in [0.2, 0.25) is 0 Å². The smallest absolute Gasteiger partial charge is 0.322 e. The van der Waals surface area contributed by atoms with Crippen LogP contribution in [0.4, 0.5) is 18.9 Å². The lowest BCUT2D eigenvalue weighted by atomic mass is 10.1. The van der Waals surface area contributed by atoms with E-state index in [1.165, 1.54) is 16.4 Å².